The highest BCUT2D eigenvalue weighted by molar-refractivity contribution is 7.47. The van der Waals surface area contributed by atoms with Gasteiger partial charge in [-0.2, -0.15) is 0 Å². The summed E-state index contributed by atoms with van der Waals surface area (Å²) in [4.78, 5) is 73.2. The van der Waals surface area contributed by atoms with Crippen LogP contribution in [0.3, 0.4) is 0 Å². The number of unbranched alkanes of at least 4 members (excludes halogenated alkanes) is 59. The number of carbonyl (C=O) groups is 4. The van der Waals surface area contributed by atoms with Crippen LogP contribution < -0.4 is 0 Å². The standard InChI is InChI=1S/C87H170O17P2/c1-6-9-12-15-18-21-24-26-28-30-32-34-38-42-46-51-56-61-66-71-85(90)98-77-83(104-87(92)73-68-63-58-53-48-44-40-36-35-37-41-45-49-54-59-64-69-80(4)5)79-102-106(95,96)100-75-81(88)74-99-105(93,94)101-78-82(76-97-84(89)70-65-60-55-50-23-20-17-14-11-8-3)103-86(91)72-67-62-57-52-47-43-39-33-31-29-27-25-22-19-16-13-10-7-2/h80-83,88H,6-79H2,1-5H3,(H,93,94)(H,95,96)/t81-,82+,83+/m0/s1. The van der Waals surface area contributed by atoms with E-state index in [4.69, 9.17) is 37.0 Å². The number of carbonyl (C=O) groups excluding carboxylic acids is 4. The van der Waals surface area contributed by atoms with Crippen LogP contribution in [0.2, 0.25) is 0 Å². The van der Waals surface area contributed by atoms with Crippen LogP contribution in [-0.4, -0.2) is 96.7 Å². The van der Waals surface area contributed by atoms with Crippen LogP contribution in [0, 0.1) is 5.92 Å². The molecule has 0 radical (unpaired) electrons. The Labute approximate surface area is 651 Å². The summed E-state index contributed by atoms with van der Waals surface area (Å²) in [5.41, 5.74) is 0. The van der Waals surface area contributed by atoms with Gasteiger partial charge < -0.3 is 33.8 Å². The maximum atomic E-state index is 13.2. The summed E-state index contributed by atoms with van der Waals surface area (Å²) in [6.45, 7) is 7.40. The molecule has 0 aromatic heterocycles. The van der Waals surface area contributed by atoms with Gasteiger partial charge in [0.1, 0.15) is 19.3 Å². The quantitative estimate of drug-likeness (QED) is 0.0222. The Balaban J connectivity index is 5.22. The van der Waals surface area contributed by atoms with Crippen molar-refractivity contribution in [3.63, 3.8) is 0 Å². The molecule has 19 heteroatoms. The number of aliphatic hydroxyl groups is 1. The Morgan fingerprint density at radius 2 is 0.434 bits per heavy atom. The van der Waals surface area contributed by atoms with Crippen molar-refractivity contribution in [2.24, 2.45) is 5.92 Å². The Morgan fingerprint density at radius 3 is 0.642 bits per heavy atom. The number of phosphoric ester groups is 2. The lowest BCUT2D eigenvalue weighted by Crippen LogP contribution is -2.30. The van der Waals surface area contributed by atoms with Crippen molar-refractivity contribution >= 4 is 39.5 Å². The predicted molar refractivity (Wildman–Crippen MR) is 437 cm³/mol. The number of esters is 4. The zero-order valence-corrected chi connectivity index (χ0v) is 71.4. The fourth-order valence-electron chi connectivity index (χ4n) is 13.6. The van der Waals surface area contributed by atoms with E-state index in [-0.39, 0.29) is 25.7 Å². The van der Waals surface area contributed by atoms with Crippen molar-refractivity contribution in [1.29, 1.82) is 0 Å². The fraction of sp³-hybridized carbons (Fsp3) is 0.954. The Hall–Kier alpha value is -1.94. The van der Waals surface area contributed by atoms with E-state index in [0.29, 0.717) is 25.7 Å². The van der Waals surface area contributed by atoms with Crippen LogP contribution in [-0.2, 0) is 65.4 Å². The van der Waals surface area contributed by atoms with Crippen molar-refractivity contribution in [3.8, 4) is 0 Å². The van der Waals surface area contributed by atoms with Crippen LogP contribution in [0.15, 0.2) is 0 Å². The van der Waals surface area contributed by atoms with Gasteiger partial charge in [-0.1, -0.05) is 420 Å². The molecule has 0 rings (SSSR count). The summed E-state index contributed by atoms with van der Waals surface area (Å²) in [7, 11) is -9.93. The normalized spacial score (nSPS) is 13.7. The third-order valence-electron chi connectivity index (χ3n) is 20.5. The molecule has 0 spiro atoms. The molecule has 0 saturated heterocycles. The van der Waals surface area contributed by atoms with Crippen LogP contribution in [0.1, 0.15) is 471 Å². The summed E-state index contributed by atoms with van der Waals surface area (Å²) < 4.78 is 68.9. The minimum absolute atomic E-state index is 0.109. The van der Waals surface area contributed by atoms with E-state index in [1.807, 2.05) is 0 Å². The smallest absolute Gasteiger partial charge is 0.462 e. The highest BCUT2D eigenvalue weighted by Gasteiger charge is 2.30. The first-order valence-electron chi connectivity index (χ1n) is 45.1. The van der Waals surface area contributed by atoms with Crippen LogP contribution in [0.5, 0.6) is 0 Å². The zero-order chi connectivity index (χ0) is 77.6. The van der Waals surface area contributed by atoms with E-state index in [2.05, 4.69) is 34.6 Å². The topological polar surface area (TPSA) is 237 Å². The summed E-state index contributed by atoms with van der Waals surface area (Å²) in [6, 6.07) is 0. The van der Waals surface area contributed by atoms with Gasteiger partial charge >= 0.3 is 39.5 Å². The first kappa shape index (κ1) is 104. The maximum absolute atomic E-state index is 13.2. The first-order chi connectivity index (χ1) is 51.5. The van der Waals surface area contributed by atoms with E-state index in [0.717, 1.165) is 95.8 Å². The first-order valence-corrected chi connectivity index (χ1v) is 48.1. The number of ether oxygens (including phenoxy) is 4. The van der Waals surface area contributed by atoms with Crippen molar-refractivity contribution in [2.45, 2.75) is 490 Å². The average molecular weight is 1550 g/mol. The molecule has 0 amide bonds. The molecule has 0 heterocycles. The molecule has 5 atom stereocenters. The molecule has 630 valence electrons. The third kappa shape index (κ3) is 80.1. The number of hydrogen-bond donors (Lipinski definition) is 3. The molecule has 2 unspecified atom stereocenters. The van der Waals surface area contributed by atoms with E-state index < -0.39 is 97.5 Å². The summed E-state index contributed by atoms with van der Waals surface area (Å²) >= 11 is 0. The molecule has 3 N–H and O–H groups in total. The minimum atomic E-state index is -4.97. The summed E-state index contributed by atoms with van der Waals surface area (Å²) in [5, 5.41) is 10.7. The lowest BCUT2D eigenvalue weighted by atomic mass is 10.0. The van der Waals surface area contributed by atoms with Gasteiger partial charge in [-0.15, -0.1) is 0 Å². The fourth-order valence-corrected chi connectivity index (χ4v) is 15.2. The molecule has 0 bridgehead atoms. The Kier molecular flexibility index (Phi) is 78.2. The van der Waals surface area contributed by atoms with Crippen molar-refractivity contribution in [3.05, 3.63) is 0 Å². The van der Waals surface area contributed by atoms with E-state index >= 15 is 0 Å². The molecule has 0 fully saturated rings. The van der Waals surface area contributed by atoms with Crippen LogP contribution in [0.25, 0.3) is 0 Å². The van der Waals surface area contributed by atoms with Crippen molar-refractivity contribution in [2.75, 3.05) is 39.6 Å². The predicted octanol–water partition coefficient (Wildman–Crippen LogP) is 26.8. The molecular weight excluding hydrogens is 1380 g/mol. The maximum Gasteiger partial charge on any atom is 0.472 e. The lowest BCUT2D eigenvalue weighted by Gasteiger charge is -2.21. The van der Waals surface area contributed by atoms with Gasteiger partial charge in [0.05, 0.1) is 26.4 Å². The number of hydrogen-bond acceptors (Lipinski definition) is 15. The largest absolute Gasteiger partial charge is 0.472 e. The van der Waals surface area contributed by atoms with Gasteiger partial charge in [-0.05, 0) is 31.6 Å². The molecule has 0 aromatic carbocycles. The van der Waals surface area contributed by atoms with E-state index in [9.17, 15) is 43.2 Å². The number of rotatable bonds is 87. The minimum Gasteiger partial charge on any atom is -0.462 e. The number of aliphatic hydroxyl groups excluding tert-OH is 1. The molecule has 0 aliphatic heterocycles. The zero-order valence-electron chi connectivity index (χ0n) is 69.6. The summed E-state index contributed by atoms with van der Waals surface area (Å²) in [5.74, 6) is -1.29. The molecule has 0 aliphatic rings. The van der Waals surface area contributed by atoms with Gasteiger partial charge in [-0.25, -0.2) is 9.13 Å². The highest BCUT2D eigenvalue weighted by Crippen LogP contribution is 2.45. The molecule has 0 aromatic rings. The molecular formula is C87H170O17P2. The van der Waals surface area contributed by atoms with Gasteiger partial charge in [0.15, 0.2) is 12.2 Å². The van der Waals surface area contributed by atoms with Crippen molar-refractivity contribution < 1.29 is 80.2 Å². The van der Waals surface area contributed by atoms with Gasteiger partial charge in [0.2, 0.25) is 0 Å². The Morgan fingerprint density at radius 1 is 0.255 bits per heavy atom. The van der Waals surface area contributed by atoms with Crippen LogP contribution >= 0.6 is 15.6 Å². The van der Waals surface area contributed by atoms with Crippen LogP contribution in [0.4, 0.5) is 0 Å². The lowest BCUT2D eigenvalue weighted by molar-refractivity contribution is -0.161. The van der Waals surface area contributed by atoms with Gasteiger partial charge in [0, 0.05) is 25.7 Å². The monoisotopic (exact) mass is 1550 g/mol. The second-order valence-corrected chi connectivity index (χ2v) is 34.7. The molecule has 0 saturated carbocycles. The molecule has 106 heavy (non-hydrogen) atoms. The summed E-state index contributed by atoms with van der Waals surface area (Å²) in [6.07, 6.45) is 73.6. The average Bonchev–Trinajstić information content (AvgIpc) is 0.901. The third-order valence-corrected chi connectivity index (χ3v) is 22.4. The Bertz CT molecular complexity index is 2010. The van der Waals surface area contributed by atoms with Gasteiger partial charge in [-0.3, -0.25) is 37.3 Å². The van der Waals surface area contributed by atoms with E-state index in [1.165, 1.54) is 295 Å². The second kappa shape index (κ2) is 79.7. The SMILES string of the molecule is CCCCCCCCCCCCCCCCCCCCCC(=O)OC[C@H](COP(=O)(O)OC[C@@H](O)COP(=O)(O)OC[C@@H](COC(=O)CCCCCCCCCCCC)OC(=O)CCCCCCCCCCCCCCCCCCCC)OC(=O)CCCCCCCCCCCCCCCCCCC(C)C. The molecule has 17 nitrogen and oxygen atoms in total. The molecule has 0 aliphatic carbocycles. The van der Waals surface area contributed by atoms with Crippen molar-refractivity contribution in [1.82, 2.24) is 0 Å². The van der Waals surface area contributed by atoms with Gasteiger partial charge in [0.25, 0.3) is 0 Å². The highest BCUT2D eigenvalue weighted by atomic mass is 31.2. The number of phosphoric acid groups is 2. The van der Waals surface area contributed by atoms with E-state index in [1.54, 1.807) is 0 Å². The second-order valence-electron chi connectivity index (χ2n) is 31.8.